The van der Waals surface area contributed by atoms with E-state index in [1.165, 1.54) is 38.5 Å². The van der Waals surface area contributed by atoms with E-state index in [0.717, 1.165) is 28.7 Å². The maximum atomic E-state index is 13.0. The molecule has 0 saturated heterocycles. The molecule has 1 aromatic heterocycles. The lowest BCUT2D eigenvalue weighted by Crippen LogP contribution is -2.55. The van der Waals surface area contributed by atoms with Crippen molar-refractivity contribution >= 4 is 28.4 Å². The number of para-hydroxylation sites is 1. The first-order chi connectivity index (χ1) is 12.5. The van der Waals surface area contributed by atoms with Crippen LogP contribution in [-0.4, -0.2) is 16.9 Å². The molecule has 6 rings (SSSR count). The maximum Gasteiger partial charge on any atom is 0.254 e. The number of fused-ring (bicyclic) bond motifs is 1. The lowest BCUT2D eigenvalue weighted by Gasteiger charge is -2.59. The minimum atomic E-state index is -0.0866. The predicted molar refractivity (Wildman–Crippen MR) is 104 cm³/mol. The van der Waals surface area contributed by atoms with E-state index in [-0.39, 0.29) is 11.9 Å². The number of halogens is 1. The number of pyridine rings is 1. The summed E-state index contributed by atoms with van der Waals surface area (Å²) in [7, 11) is 0. The third-order valence-corrected chi connectivity index (χ3v) is 7.56. The first-order valence-electron chi connectivity index (χ1n) is 9.88. The number of carbonyl (C=O) groups is 1. The van der Waals surface area contributed by atoms with Gasteiger partial charge in [-0.2, -0.15) is 0 Å². The summed E-state index contributed by atoms with van der Waals surface area (Å²) < 4.78 is 0. The molecule has 4 fully saturated rings. The first kappa shape index (κ1) is 16.6. The van der Waals surface area contributed by atoms with Crippen LogP contribution in [0.2, 0.25) is 5.15 Å². The van der Waals surface area contributed by atoms with Crippen molar-refractivity contribution in [2.24, 2.45) is 23.2 Å². The van der Waals surface area contributed by atoms with Gasteiger partial charge in [-0.15, -0.1) is 0 Å². The molecule has 1 aromatic carbocycles. The van der Waals surface area contributed by atoms with Crippen molar-refractivity contribution in [2.75, 3.05) is 0 Å². The van der Waals surface area contributed by atoms with Gasteiger partial charge in [-0.3, -0.25) is 4.79 Å². The smallest absolute Gasteiger partial charge is 0.254 e. The Morgan fingerprint density at radius 2 is 1.77 bits per heavy atom. The second-order valence-corrected chi connectivity index (χ2v) is 9.35. The van der Waals surface area contributed by atoms with Gasteiger partial charge in [0.2, 0.25) is 0 Å². The van der Waals surface area contributed by atoms with E-state index in [0.29, 0.717) is 16.1 Å². The highest BCUT2D eigenvalue weighted by molar-refractivity contribution is 6.33. The molecule has 4 bridgehead atoms. The van der Waals surface area contributed by atoms with E-state index >= 15 is 0 Å². The fraction of sp³-hybridized carbons (Fsp3) is 0.545. The van der Waals surface area contributed by atoms with E-state index in [9.17, 15) is 4.79 Å². The Morgan fingerprint density at radius 1 is 1.15 bits per heavy atom. The van der Waals surface area contributed by atoms with E-state index in [1.807, 2.05) is 30.3 Å². The minimum absolute atomic E-state index is 0.0866. The summed E-state index contributed by atoms with van der Waals surface area (Å²) in [5.74, 6) is 2.56. The van der Waals surface area contributed by atoms with Crippen molar-refractivity contribution in [3.05, 3.63) is 41.0 Å². The monoisotopic (exact) mass is 368 g/mol. The lowest BCUT2D eigenvalue weighted by molar-refractivity contribution is -0.0688. The van der Waals surface area contributed by atoms with Gasteiger partial charge >= 0.3 is 0 Å². The number of nitrogens with zero attached hydrogens (tertiary/aromatic N) is 1. The highest BCUT2D eigenvalue weighted by atomic mass is 35.5. The van der Waals surface area contributed by atoms with Crippen molar-refractivity contribution in [3.8, 4) is 0 Å². The zero-order valence-electron chi connectivity index (χ0n) is 15.2. The number of hydrogen-bond donors (Lipinski definition) is 1. The second kappa shape index (κ2) is 5.95. The van der Waals surface area contributed by atoms with E-state index in [1.54, 1.807) is 0 Å². The summed E-state index contributed by atoms with van der Waals surface area (Å²) >= 11 is 6.33. The number of benzene rings is 1. The van der Waals surface area contributed by atoms with E-state index in [4.69, 9.17) is 11.6 Å². The van der Waals surface area contributed by atoms with E-state index in [2.05, 4.69) is 17.2 Å². The van der Waals surface area contributed by atoms with Crippen molar-refractivity contribution in [1.29, 1.82) is 0 Å². The lowest BCUT2D eigenvalue weighted by atomic mass is 9.48. The highest BCUT2D eigenvalue weighted by Crippen LogP contribution is 2.61. The maximum absolute atomic E-state index is 13.0. The van der Waals surface area contributed by atoms with Crippen LogP contribution in [0.1, 0.15) is 55.8 Å². The molecular formula is C22H25ClN2O. The molecule has 1 amide bonds. The Hall–Kier alpha value is -1.61. The summed E-state index contributed by atoms with van der Waals surface area (Å²) in [6, 6.07) is 9.83. The van der Waals surface area contributed by atoms with Crippen molar-refractivity contribution in [3.63, 3.8) is 0 Å². The number of hydrogen-bond acceptors (Lipinski definition) is 2. The molecule has 1 heterocycles. The number of nitrogens with one attached hydrogen (secondary N) is 1. The van der Waals surface area contributed by atoms with Crippen LogP contribution >= 0.6 is 11.6 Å². The van der Waals surface area contributed by atoms with Crippen LogP contribution in [0.4, 0.5) is 0 Å². The molecular weight excluding hydrogens is 344 g/mol. The van der Waals surface area contributed by atoms with Gasteiger partial charge in [0.15, 0.2) is 0 Å². The number of amides is 1. The molecule has 4 aliphatic rings. The van der Waals surface area contributed by atoms with Gasteiger partial charge in [0, 0.05) is 11.4 Å². The zero-order valence-corrected chi connectivity index (χ0v) is 15.9. The molecule has 0 spiro atoms. The van der Waals surface area contributed by atoms with Crippen LogP contribution < -0.4 is 5.32 Å². The van der Waals surface area contributed by atoms with Gasteiger partial charge in [0.05, 0.1) is 11.1 Å². The van der Waals surface area contributed by atoms with Crippen LogP contribution in [0.5, 0.6) is 0 Å². The molecule has 2 aromatic rings. The molecule has 0 radical (unpaired) electrons. The van der Waals surface area contributed by atoms with Crippen LogP contribution in [0, 0.1) is 23.2 Å². The SMILES string of the molecule is C[C@@H](NC(=O)c1cc2ccccc2nc1Cl)C12CC3CC(CC(C3)C1)C2. The number of rotatable bonds is 3. The molecule has 1 atom stereocenters. The van der Waals surface area contributed by atoms with Crippen LogP contribution in [-0.2, 0) is 0 Å². The molecule has 1 N–H and O–H groups in total. The molecule has 0 aliphatic heterocycles. The largest absolute Gasteiger partial charge is 0.349 e. The Kier molecular flexibility index (Phi) is 3.79. The predicted octanol–water partition coefficient (Wildman–Crippen LogP) is 5.22. The highest BCUT2D eigenvalue weighted by Gasteiger charge is 2.53. The zero-order chi connectivity index (χ0) is 17.9. The summed E-state index contributed by atoms with van der Waals surface area (Å²) in [5, 5.41) is 4.53. The summed E-state index contributed by atoms with van der Waals surface area (Å²) in [4.78, 5) is 17.4. The first-order valence-corrected chi connectivity index (χ1v) is 10.3. The minimum Gasteiger partial charge on any atom is -0.349 e. The fourth-order valence-corrected chi connectivity index (χ4v) is 6.62. The standard InChI is InChI=1S/C22H25ClN2O/c1-13(22-10-14-6-15(11-22)8-16(7-14)12-22)24-21(26)18-9-17-4-2-3-5-19(17)25-20(18)23/h2-5,9,13-16H,6-8,10-12H2,1H3,(H,24,26)/t13-,14?,15?,16?,22?/m1/s1. The molecule has 4 heteroatoms. The quantitative estimate of drug-likeness (QED) is 0.754. The molecule has 0 unspecified atom stereocenters. The molecule has 26 heavy (non-hydrogen) atoms. The second-order valence-electron chi connectivity index (χ2n) is 8.99. The Balaban J connectivity index is 1.39. The topological polar surface area (TPSA) is 42.0 Å². The summed E-state index contributed by atoms with van der Waals surface area (Å²) in [6.07, 6.45) is 8.10. The van der Waals surface area contributed by atoms with Crippen molar-refractivity contribution in [1.82, 2.24) is 10.3 Å². The van der Waals surface area contributed by atoms with Gasteiger partial charge in [-0.25, -0.2) is 4.98 Å². The third kappa shape index (κ3) is 2.63. The summed E-state index contributed by atoms with van der Waals surface area (Å²) in [6.45, 7) is 2.20. The van der Waals surface area contributed by atoms with Gasteiger partial charge < -0.3 is 5.32 Å². The average molecular weight is 369 g/mol. The molecule has 136 valence electrons. The number of carbonyl (C=O) groups excluding carboxylic acids is 1. The van der Waals surface area contributed by atoms with E-state index < -0.39 is 0 Å². The normalized spacial score (nSPS) is 33.4. The average Bonchev–Trinajstić information content (AvgIpc) is 2.59. The van der Waals surface area contributed by atoms with Crippen molar-refractivity contribution in [2.45, 2.75) is 51.5 Å². The van der Waals surface area contributed by atoms with Crippen LogP contribution in [0.15, 0.2) is 30.3 Å². The molecule has 4 aliphatic carbocycles. The Bertz CT molecular complexity index is 842. The Labute approximate surface area is 159 Å². The Morgan fingerprint density at radius 3 is 2.42 bits per heavy atom. The third-order valence-electron chi connectivity index (χ3n) is 7.27. The summed E-state index contributed by atoms with van der Waals surface area (Å²) in [5.41, 5.74) is 1.60. The fourth-order valence-electron chi connectivity index (χ4n) is 6.39. The molecule has 4 saturated carbocycles. The van der Waals surface area contributed by atoms with Gasteiger partial charge in [-0.1, -0.05) is 29.8 Å². The van der Waals surface area contributed by atoms with Gasteiger partial charge in [0.25, 0.3) is 5.91 Å². The van der Waals surface area contributed by atoms with Crippen LogP contribution in [0.25, 0.3) is 10.9 Å². The van der Waals surface area contributed by atoms with Gasteiger partial charge in [-0.05, 0) is 80.8 Å². The van der Waals surface area contributed by atoms with Gasteiger partial charge in [0.1, 0.15) is 5.15 Å². The molecule has 3 nitrogen and oxygen atoms in total. The van der Waals surface area contributed by atoms with Crippen molar-refractivity contribution < 1.29 is 4.79 Å². The number of aromatic nitrogens is 1. The van der Waals surface area contributed by atoms with Crippen LogP contribution in [0.3, 0.4) is 0 Å².